The molecule has 2 heterocycles. The topological polar surface area (TPSA) is 78.9 Å². The van der Waals surface area contributed by atoms with Crippen LogP contribution in [0.3, 0.4) is 0 Å². The average molecular weight is 312 g/mol. The highest BCUT2D eigenvalue weighted by Crippen LogP contribution is 2.20. The molecule has 1 aromatic rings. The average Bonchev–Trinajstić information content (AvgIpc) is 3.06. The van der Waals surface area contributed by atoms with Gasteiger partial charge in [0.05, 0.1) is 6.10 Å². The number of amides is 2. The lowest BCUT2D eigenvalue weighted by Gasteiger charge is -2.24. The number of methoxy groups -OCH3 is 1. The molecule has 1 aliphatic rings. The van der Waals surface area contributed by atoms with Gasteiger partial charge in [-0.25, -0.2) is 9.59 Å². The van der Waals surface area contributed by atoms with E-state index in [1.165, 1.54) is 16.9 Å². The van der Waals surface area contributed by atoms with Crippen molar-refractivity contribution in [3.8, 4) is 0 Å². The summed E-state index contributed by atoms with van der Waals surface area (Å²) in [6.07, 6.45) is 0.853. The van der Waals surface area contributed by atoms with Gasteiger partial charge < -0.3 is 20.1 Å². The van der Waals surface area contributed by atoms with Gasteiger partial charge in [0.2, 0.25) is 0 Å². The molecule has 0 aliphatic carbocycles. The van der Waals surface area contributed by atoms with E-state index >= 15 is 0 Å². The van der Waals surface area contributed by atoms with E-state index in [0.29, 0.717) is 13.0 Å². The molecular formula is C14H20N2O4S. The molecule has 1 aliphatic heterocycles. The van der Waals surface area contributed by atoms with Gasteiger partial charge in [0.15, 0.2) is 0 Å². The Bertz CT molecular complexity index is 491. The normalized spacial score (nSPS) is 23.0. The number of ether oxygens (including phenoxy) is 1. The zero-order chi connectivity index (χ0) is 15.4. The largest absolute Gasteiger partial charge is 0.480 e. The molecule has 6 nitrogen and oxygen atoms in total. The third-order valence-electron chi connectivity index (χ3n) is 3.60. The van der Waals surface area contributed by atoms with Crippen molar-refractivity contribution in [2.45, 2.75) is 38.0 Å². The zero-order valence-corrected chi connectivity index (χ0v) is 12.9. The highest BCUT2D eigenvalue weighted by molar-refractivity contribution is 7.09. The fourth-order valence-corrected chi connectivity index (χ4v) is 3.34. The molecule has 3 atom stereocenters. The second kappa shape index (κ2) is 6.91. The molecule has 0 radical (unpaired) electrons. The molecular weight excluding hydrogens is 292 g/mol. The fourth-order valence-electron chi connectivity index (χ4n) is 2.50. The summed E-state index contributed by atoms with van der Waals surface area (Å²) in [5.41, 5.74) is 0. The molecule has 3 unspecified atom stereocenters. The van der Waals surface area contributed by atoms with Crippen LogP contribution in [0.5, 0.6) is 0 Å². The minimum atomic E-state index is -0.990. The number of aliphatic carboxylic acids is 1. The smallest absolute Gasteiger partial charge is 0.326 e. The van der Waals surface area contributed by atoms with Crippen molar-refractivity contribution in [2.24, 2.45) is 0 Å². The maximum Gasteiger partial charge on any atom is 0.326 e. The number of urea groups is 1. The van der Waals surface area contributed by atoms with Crippen LogP contribution in [0.4, 0.5) is 4.79 Å². The molecule has 0 saturated carbocycles. The van der Waals surface area contributed by atoms with E-state index in [4.69, 9.17) is 4.74 Å². The minimum absolute atomic E-state index is 0.0489. The third kappa shape index (κ3) is 3.95. The number of carboxylic acids is 1. The lowest BCUT2D eigenvalue weighted by atomic mass is 10.2. The number of hydrogen-bond acceptors (Lipinski definition) is 4. The van der Waals surface area contributed by atoms with E-state index in [1.807, 2.05) is 24.4 Å². The number of carboxylic acid groups (broad SMARTS) is 1. The third-order valence-corrected chi connectivity index (χ3v) is 4.50. The van der Waals surface area contributed by atoms with Crippen molar-refractivity contribution >= 4 is 23.3 Å². The predicted octanol–water partition coefficient (Wildman–Crippen LogP) is 1.56. The van der Waals surface area contributed by atoms with Gasteiger partial charge in [0.25, 0.3) is 0 Å². The lowest BCUT2D eigenvalue weighted by molar-refractivity contribution is -0.141. The second-order valence-electron chi connectivity index (χ2n) is 5.23. The summed E-state index contributed by atoms with van der Waals surface area (Å²) < 4.78 is 5.18. The molecule has 2 N–H and O–H groups in total. The van der Waals surface area contributed by atoms with Crippen molar-refractivity contribution in [1.29, 1.82) is 0 Å². The number of hydrogen-bond donors (Lipinski definition) is 2. The number of nitrogens with one attached hydrogen (secondary N) is 1. The maximum atomic E-state index is 12.3. The molecule has 0 spiro atoms. The van der Waals surface area contributed by atoms with Gasteiger partial charge in [-0.15, -0.1) is 11.3 Å². The number of nitrogens with zero attached hydrogens (tertiary/aromatic N) is 1. The Labute approximate surface area is 127 Å². The number of likely N-dealkylation sites (tertiary alicyclic amines) is 1. The quantitative estimate of drug-likeness (QED) is 0.865. The van der Waals surface area contributed by atoms with Crippen molar-refractivity contribution in [3.63, 3.8) is 0 Å². The van der Waals surface area contributed by atoms with Crippen LogP contribution in [-0.4, -0.2) is 53.8 Å². The number of rotatable bonds is 5. The summed E-state index contributed by atoms with van der Waals surface area (Å²) >= 11 is 1.64. The van der Waals surface area contributed by atoms with Gasteiger partial charge >= 0.3 is 12.0 Å². The molecule has 1 fully saturated rings. The Morgan fingerprint density at radius 2 is 2.38 bits per heavy atom. The molecule has 2 rings (SSSR count). The second-order valence-corrected chi connectivity index (χ2v) is 6.27. The molecule has 0 bridgehead atoms. The first kappa shape index (κ1) is 15.8. The Hall–Kier alpha value is -1.60. The van der Waals surface area contributed by atoms with Gasteiger partial charge in [-0.3, -0.25) is 0 Å². The van der Waals surface area contributed by atoms with E-state index in [1.54, 1.807) is 11.3 Å². The first-order valence-corrected chi connectivity index (χ1v) is 7.74. The van der Waals surface area contributed by atoms with Crippen molar-refractivity contribution in [2.75, 3.05) is 13.7 Å². The molecule has 7 heteroatoms. The van der Waals surface area contributed by atoms with E-state index in [9.17, 15) is 14.7 Å². The van der Waals surface area contributed by atoms with E-state index in [2.05, 4.69) is 5.32 Å². The van der Waals surface area contributed by atoms with Crippen LogP contribution in [0, 0.1) is 0 Å². The first-order valence-electron chi connectivity index (χ1n) is 6.86. The Balaban J connectivity index is 1.93. The van der Waals surface area contributed by atoms with E-state index in [-0.39, 0.29) is 18.2 Å². The van der Waals surface area contributed by atoms with E-state index < -0.39 is 12.0 Å². The minimum Gasteiger partial charge on any atom is -0.480 e. The monoisotopic (exact) mass is 312 g/mol. The van der Waals surface area contributed by atoms with Gasteiger partial charge in [0.1, 0.15) is 6.04 Å². The van der Waals surface area contributed by atoms with Crippen molar-refractivity contribution in [3.05, 3.63) is 22.4 Å². The Morgan fingerprint density at radius 3 is 2.95 bits per heavy atom. The van der Waals surface area contributed by atoms with Crippen LogP contribution in [0.2, 0.25) is 0 Å². The molecule has 21 heavy (non-hydrogen) atoms. The number of thiophene rings is 1. The molecule has 2 amide bonds. The van der Waals surface area contributed by atoms with Gasteiger partial charge in [0, 0.05) is 37.4 Å². The van der Waals surface area contributed by atoms with Crippen LogP contribution in [0.1, 0.15) is 18.2 Å². The first-order chi connectivity index (χ1) is 10.0. The van der Waals surface area contributed by atoms with Gasteiger partial charge in [-0.2, -0.15) is 0 Å². The number of carbonyl (C=O) groups excluding carboxylic acids is 1. The summed E-state index contributed by atoms with van der Waals surface area (Å²) in [5.74, 6) is -0.990. The zero-order valence-electron chi connectivity index (χ0n) is 12.1. The van der Waals surface area contributed by atoms with Crippen molar-refractivity contribution < 1.29 is 19.4 Å². The predicted molar refractivity (Wildman–Crippen MR) is 79.6 cm³/mol. The molecule has 1 saturated heterocycles. The Kier molecular flexibility index (Phi) is 5.19. The highest BCUT2D eigenvalue weighted by Gasteiger charge is 2.40. The molecule has 116 valence electrons. The molecule has 1 aromatic heterocycles. The summed E-state index contributed by atoms with van der Waals surface area (Å²) in [5, 5.41) is 14.1. The van der Waals surface area contributed by atoms with Crippen LogP contribution in [-0.2, 0) is 16.0 Å². The molecule has 0 aromatic carbocycles. The highest BCUT2D eigenvalue weighted by atomic mass is 32.1. The van der Waals surface area contributed by atoms with Crippen LogP contribution >= 0.6 is 11.3 Å². The number of carbonyl (C=O) groups is 2. The van der Waals surface area contributed by atoms with Crippen LogP contribution in [0.15, 0.2) is 17.5 Å². The van der Waals surface area contributed by atoms with Gasteiger partial charge in [-0.05, 0) is 18.4 Å². The SMILES string of the molecule is COC1CC(C(=O)O)N(C(=O)NC(C)Cc2cccs2)C1. The summed E-state index contributed by atoms with van der Waals surface area (Å²) in [7, 11) is 1.53. The van der Waals surface area contributed by atoms with Crippen LogP contribution in [0.25, 0.3) is 0 Å². The fraction of sp³-hybridized carbons (Fsp3) is 0.571. The lowest BCUT2D eigenvalue weighted by Crippen LogP contribution is -2.49. The van der Waals surface area contributed by atoms with E-state index in [0.717, 1.165) is 6.42 Å². The maximum absolute atomic E-state index is 12.3. The Morgan fingerprint density at radius 1 is 1.62 bits per heavy atom. The van der Waals surface area contributed by atoms with Gasteiger partial charge in [-0.1, -0.05) is 6.07 Å². The summed E-state index contributed by atoms with van der Waals surface area (Å²) in [6.45, 7) is 2.22. The van der Waals surface area contributed by atoms with Crippen molar-refractivity contribution in [1.82, 2.24) is 10.2 Å². The summed E-state index contributed by atoms with van der Waals surface area (Å²) in [4.78, 5) is 26.0. The van der Waals surface area contributed by atoms with Crippen LogP contribution < -0.4 is 5.32 Å². The standard InChI is InChI=1S/C14H20N2O4S/c1-9(6-11-4-3-5-21-11)15-14(19)16-8-10(20-2)7-12(16)13(17)18/h3-5,9-10,12H,6-8H2,1-2H3,(H,15,19)(H,17,18). The summed E-state index contributed by atoms with van der Waals surface area (Å²) in [6, 6.07) is 2.78.